The van der Waals surface area contributed by atoms with Crippen LogP contribution in [0.5, 0.6) is 5.75 Å². The van der Waals surface area contributed by atoms with Gasteiger partial charge in [-0.05, 0) is 73.5 Å². The molecule has 4 heterocycles. The van der Waals surface area contributed by atoms with Crippen LogP contribution in [0.15, 0.2) is 42.5 Å². The Morgan fingerprint density at radius 1 is 0.933 bits per heavy atom. The standard InChI is InChI=1S/C27H34N2O/c1-2-7-23-20-28(15-11-22(23)6-1)19-21-9-10-26-24(16-21)17-27(30-26)12-5-14-29-13-4-3-8-25(29)18-27/h1-2,6-7,9-10,16,25H,3-5,8,11-15,17-20H2. The Morgan fingerprint density at radius 2 is 1.83 bits per heavy atom. The first-order chi connectivity index (χ1) is 14.8. The summed E-state index contributed by atoms with van der Waals surface area (Å²) in [6, 6.07) is 16.7. The van der Waals surface area contributed by atoms with Crippen molar-refractivity contribution < 1.29 is 4.74 Å². The van der Waals surface area contributed by atoms with Gasteiger partial charge in [0, 0.05) is 38.5 Å². The number of rotatable bonds is 2. The lowest BCUT2D eigenvalue weighted by Gasteiger charge is -2.37. The topological polar surface area (TPSA) is 15.7 Å². The molecule has 0 amide bonds. The van der Waals surface area contributed by atoms with Gasteiger partial charge in [0.05, 0.1) is 0 Å². The summed E-state index contributed by atoms with van der Waals surface area (Å²) in [7, 11) is 0. The van der Waals surface area contributed by atoms with Gasteiger partial charge in [-0.3, -0.25) is 4.90 Å². The Labute approximate surface area is 181 Å². The van der Waals surface area contributed by atoms with Crippen LogP contribution < -0.4 is 4.74 Å². The van der Waals surface area contributed by atoms with E-state index in [0.717, 1.165) is 37.8 Å². The minimum absolute atomic E-state index is 0.0573. The molecule has 2 saturated heterocycles. The Bertz CT molecular complexity index is 925. The summed E-state index contributed by atoms with van der Waals surface area (Å²) in [6.07, 6.45) is 10.2. The van der Waals surface area contributed by atoms with E-state index in [9.17, 15) is 0 Å². The first kappa shape index (κ1) is 18.9. The van der Waals surface area contributed by atoms with Gasteiger partial charge in [-0.25, -0.2) is 0 Å². The Kier molecular flexibility index (Phi) is 4.84. The predicted octanol–water partition coefficient (Wildman–Crippen LogP) is 4.96. The van der Waals surface area contributed by atoms with E-state index < -0.39 is 0 Å². The van der Waals surface area contributed by atoms with Crippen molar-refractivity contribution in [3.63, 3.8) is 0 Å². The number of nitrogens with zero attached hydrogens (tertiary/aromatic N) is 2. The average Bonchev–Trinajstić information content (AvgIpc) is 3.01. The molecule has 0 aliphatic carbocycles. The summed E-state index contributed by atoms with van der Waals surface area (Å²) in [6.45, 7) is 5.85. The highest BCUT2D eigenvalue weighted by molar-refractivity contribution is 5.42. The van der Waals surface area contributed by atoms with E-state index in [4.69, 9.17) is 4.74 Å². The van der Waals surface area contributed by atoms with Gasteiger partial charge in [0.1, 0.15) is 11.4 Å². The van der Waals surface area contributed by atoms with E-state index >= 15 is 0 Å². The number of hydrogen-bond donors (Lipinski definition) is 0. The van der Waals surface area contributed by atoms with Crippen molar-refractivity contribution in [2.45, 2.75) is 76.1 Å². The third-order valence-corrected chi connectivity index (χ3v) is 8.01. The Balaban J connectivity index is 1.16. The van der Waals surface area contributed by atoms with Gasteiger partial charge in [0.2, 0.25) is 0 Å². The van der Waals surface area contributed by atoms with Crippen molar-refractivity contribution >= 4 is 0 Å². The fourth-order valence-electron chi connectivity index (χ4n) is 6.51. The van der Waals surface area contributed by atoms with Crippen molar-refractivity contribution in [3.05, 3.63) is 64.7 Å². The molecule has 158 valence electrons. The van der Waals surface area contributed by atoms with Gasteiger partial charge in [-0.1, -0.05) is 42.8 Å². The molecule has 3 nitrogen and oxygen atoms in total. The molecule has 4 aliphatic heterocycles. The Morgan fingerprint density at radius 3 is 2.80 bits per heavy atom. The van der Waals surface area contributed by atoms with E-state index in [2.05, 4.69) is 52.3 Å². The zero-order valence-electron chi connectivity index (χ0n) is 18.1. The molecule has 6 rings (SSSR count). The summed E-state index contributed by atoms with van der Waals surface area (Å²) in [5.74, 6) is 1.16. The Hall–Kier alpha value is -1.84. The maximum atomic E-state index is 6.72. The first-order valence-corrected chi connectivity index (χ1v) is 12.1. The summed E-state index contributed by atoms with van der Waals surface area (Å²) >= 11 is 0. The third kappa shape index (κ3) is 3.56. The minimum atomic E-state index is 0.0573. The van der Waals surface area contributed by atoms with E-state index in [1.54, 1.807) is 0 Å². The van der Waals surface area contributed by atoms with Gasteiger partial charge < -0.3 is 9.64 Å². The highest BCUT2D eigenvalue weighted by atomic mass is 16.5. The van der Waals surface area contributed by atoms with Crippen LogP contribution in [0.2, 0.25) is 0 Å². The maximum Gasteiger partial charge on any atom is 0.123 e. The van der Waals surface area contributed by atoms with E-state index in [1.807, 2.05) is 0 Å². The van der Waals surface area contributed by atoms with Crippen molar-refractivity contribution in [1.29, 1.82) is 0 Å². The van der Waals surface area contributed by atoms with Crippen molar-refractivity contribution in [1.82, 2.24) is 9.80 Å². The highest BCUT2D eigenvalue weighted by Gasteiger charge is 2.44. The quantitative estimate of drug-likeness (QED) is 0.706. The van der Waals surface area contributed by atoms with Crippen LogP contribution in [0.1, 0.15) is 60.8 Å². The summed E-state index contributed by atoms with van der Waals surface area (Å²) in [4.78, 5) is 5.35. The molecule has 1 spiro atoms. The summed E-state index contributed by atoms with van der Waals surface area (Å²) in [5, 5.41) is 0. The average molecular weight is 403 g/mol. The molecule has 0 bridgehead atoms. The van der Waals surface area contributed by atoms with Crippen molar-refractivity contribution in [2.24, 2.45) is 0 Å². The third-order valence-electron chi connectivity index (χ3n) is 8.01. The number of ether oxygens (including phenoxy) is 1. The SMILES string of the molecule is c1ccc2c(c1)CCN(Cc1ccc3c(c1)CC1(CCCN4CCCCC4C1)O3)C2. The van der Waals surface area contributed by atoms with Gasteiger partial charge in [-0.15, -0.1) is 0 Å². The number of fused-ring (bicyclic) bond motifs is 3. The number of piperidine rings is 1. The molecule has 3 heteroatoms. The second-order valence-electron chi connectivity index (χ2n) is 10.1. The molecule has 2 atom stereocenters. The van der Waals surface area contributed by atoms with Crippen LogP contribution in [0.25, 0.3) is 0 Å². The largest absolute Gasteiger partial charge is 0.487 e. The lowest BCUT2D eigenvalue weighted by atomic mass is 9.85. The molecule has 2 aromatic rings. The normalized spacial score (nSPS) is 29.0. The molecular formula is C27H34N2O. The van der Waals surface area contributed by atoms with Gasteiger partial charge in [-0.2, -0.15) is 0 Å². The zero-order chi connectivity index (χ0) is 20.0. The predicted molar refractivity (Wildman–Crippen MR) is 121 cm³/mol. The van der Waals surface area contributed by atoms with Gasteiger partial charge in [0.15, 0.2) is 0 Å². The van der Waals surface area contributed by atoms with Crippen LogP contribution >= 0.6 is 0 Å². The maximum absolute atomic E-state index is 6.72. The molecule has 2 aromatic carbocycles. The zero-order valence-corrected chi connectivity index (χ0v) is 18.1. The van der Waals surface area contributed by atoms with Crippen LogP contribution in [0.3, 0.4) is 0 Å². The molecule has 0 N–H and O–H groups in total. The minimum Gasteiger partial charge on any atom is -0.487 e. The van der Waals surface area contributed by atoms with Gasteiger partial charge >= 0.3 is 0 Å². The molecule has 0 aromatic heterocycles. The van der Waals surface area contributed by atoms with Crippen molar-refractivity contribution in [3.8, 4) is 5.75 Å². The first-order valence-electron chi connectivity index (χ1n) is 12.1. The molecule has 0 radical (unpaired) electrons. The van der Waals surface area contributed by atoms with E-state index in [0.29, 0.717) is 0 Å². The van der Waals surface area contributed by atoms with E-state index in [1.165, 1.54) is 80.3 Å². The summed E-state index contributed by atoms with van der Waals surface area (Å²) < 4.78 is 6.72. The fourth-order valence-corrected chi connectivity index (χ4v) is 6.51. The molecule has 2 fully saturated rings. The van der Waals surface area contributed by atoms with Crippen molar-refractivity contribution in [2.75, 3.05) is 19.6 Å². The molecular weight excluding hydrogens is 368 g/mol. The second kappa shape index (κ2) is 7.69. The second-order valence-corrected chi connectivity index (χ2v) is 10.1. The smallest absolute Gasteiger partial charge is 0.123 e. The molecule has 2 unspecified atom stereocenters. The van der Waals surface area contributed by atoms with Crippen LogP contribution in [-0.2, 0) is 25.9 Å². The van der Waals surface area contributed by atoms with E-state index in [-0.39, 0.29) is 5.60 Å². The summed E-state index contributed by atoms with van der Waals surface area (Å²) in [5.41, 5.74) is 5.99. The van der Waals surface area contributed by atoms with Gasteiger partial charge in [0.25, 0.3) is 0 Å². The highest BCUT2D eigenvalue weighted by Crippen LogP contribution is 2.44. The van der Waals surface area contributed by atoms with Crippen LogP contribution in [-0.4, -0.2) is 41.1 Å². The molecule has 4 aliphatic rings. The molecule has 0 saturated carbocycles. The number of hydrogen-bond acceptors (Lipinski definition) is 3. The lowest BCUT2D eigenvalue weighted by Crippen LogP contribution is -2.44. The molecule has 30 heavy (non-hydrogen) atoms. The van der Waals surface area contributed by atoms with Crippen LogP contribution in [0, 0.1) is 0 Å². The lowest BCUT2D eigenvalue weighted by molar-refractivity contribution is 0.0496. The monoisotopic (exact) mass is 402 g/mol. The van der Waals surface area contributed by atoms with Crippen LogP contribution in [0.4, 0.5) is 0 Å². The fraction of sp³-hybridized carbons (Fsp3) is 0.556. The number of benzene rings is 2.